The Morgan fingerprint density at radius 2 is 1.83 bits per heavy atom. The lowest BCUT2D eigenvalue weighted by molar-refractivity contribution is 0.0600. The van der Waals surface area contributed by atoms with Crippen LogP contribution in [0.3, 0.4) is 0 Å². The summed E-state index contributed by atoms with van der Waals surface area (Å²) in [6.45, 7) is 5.04. The smallest absolute Gasteiger partial charge is 0.337 e. The van der Waals surface area contributed by atoms with Gasteiger partial charge in [0.25, 0.3) is 0 Å². The van der Waals surface area contributed by atoms with Crippen LogP contribution < -0.4 is 4.90 Å². The molecule has 2 aromatic rings. The number of piperidine rings is 1. The molecule has 1 aliphatic rings. The van der Waals surface area contributed by atoms with Crippen molar-refractivity contribution in [3.63, 3.8) is 0 Å². The molecule has 0 N–H and O–H groups in total. The van der Waals surface area contributed by atoms with Gasteiger partial charge in [0, 0.05) is 43.1 Å². The summed E-state index contributed by atoms with van der Waals surface area (Å²) in [6, 6.07) is 15.1. The highest BCUT2D eigenvalue weighted by Gasteiger charge is 2.18. The zero-order valence-electron chi connectivity index (χ0n) is 17.6. The van der Waals surface area contributed by atoms with Crippen molar-refractivity contribution in [2.24, 2.45) is 5.92 Å². The minimum atomic E-state index is -2.33. The molecule has 0 radical (unpaired) electrons. The molecule has 2 aromatic carbocycles. The van der Waals surface area contributed by atoms with Crippen LogP contribution in [-0.2, 0) is 29.0 Å². The van der Waals surface area contributed by atoms with Gasteiger partial charge >= 0.3 is 5.97 Å². The van der Waals surface area contributed by atoms with Crippen LogP contribution in [0, 0.1) is 5.92 Å². The topological polar surface area (TPSA) is 72.9 Å². The highest BCUT2D eigenvalue weighted by molar-refractivity contribution is 7.76. The lowest BCUT2D eigenvalue weighted by atomic mass is 9.97. The van der Waals surface area contributed by atoms with Crippen molar-refractivity contribution in [2.45, 2.75) is 32.7 Å². The number of esters is 1. The van der Waals surface area contributed by atoms with Crippen LogP contribution in [-0.4, -0.2) is 45.8 Å². The molecule has 0 aliphatic carbocycles. The molecule has 1 heterocycles. The van der Waals surface area contributed by atoms with Crippen molar-refractivity contribution >= 4 is 22.9 Å². The summed E-state index contributed by atoms with van der Waals surface area (Å²) >= 11 is -2.33. The van der Waals surface area contributed by atoms with Crippen LogP contribution in [0.1, 0.15) is 41.3 Å². The average Bonchev–Trinajstić information content (AvgIpc) is 2.77. The van der Waals surface area contributed by atoms with E-state index < -0.39 is 17.2 Å². The van der Waals surface area contributed by atoms with Gasteiger partial charge in [-0.3, -0.25) is 4.21 Å². The zero-order chi connectivity index (χ0) is 21.5. The summed E-state index contributed by atoms with van der Waals surface area (Å²) in [5.41, 5.74) is 3.65. The molecule has 1 saturated heterocycles. The second-order valence-electron chi connectivity index (χ2n) is 7.82. The first kappa shape index (κ1) is 22.5. The van der Waals surface area contributed by atoms with Gasteiger partial charge in [0.05, 0.1) is 12.7 Å². The Bertz CT molecular complexity index is 864. The predicted molar refractivity (Wildman–Crippen MR) is 118 cm³/mol. The largest absolute Gasteiger partial charge is 0.760 e. The zero-order valence-corrected chi connectivity index (χ0v) is 18.4. The molecule has 1 aliphatic heterocycles. The third-order valence-electron chi connectivity index (χ3n) is 5.69. The molecule has 1 atom stereocenters. The van der Waals surface area contributed by atoms with E-state index in [-0.39, 0.29) is 6.54 Å². The number of hydrogen-bond donors (Lipinski definition) is 0. The van der Waals surface area contributed by atoms with Crippen LogP contribution in [0.25, 0.3) is 0 Å². The van der Waals surface area contributed by atoms with E-state index in [9.17, 15) is 13.6 Å². The van der Waals surface area contributed by atoms with E-state index in [4.69, 9.17) is 4.74 Å². The number of carbonyl (C=O) groups is 1. The van der Waals surface area contributed by atoms with Crippen LogP contribution in [0.4, 0.5) is 5.69 Å². The summed E-state index contributed by atoms with van der Waals surface area (Å²) in [5, 5.41) is 0. The number of methoxy groups -OCH3 is 1. The molecule has 0 bridgehead atoms. The van der Waals surface area contributed by atoms with Gasteiger partial charge in [0.1, 0.15) is 0 Å². The first-order valence-corrected chi connectivity index (χ1v) is 11.4. The van der Waals surface area contributed by atoms with E-state index in [1.54, 1.807) is 24.3 Å². The fourth-order valence-electron chi connectivity index (χ4n) is 3.80. The Hall–Kier alpha value is -2.22. The van der Waals surface area contributed by atoms with Crippen molar-refractivity contribution < 1.29 is 18.3 Å². The van der Waals surface area contributed by atoms with Crippen molar-refractivity contribution in [2.75, 3.05) is 31.6 Å². The van der Waals surface area contributed by atoms with Gasteiger partial charge in [0.2, 0.25) is 0 Å². The van der Waals surface area contributed by atoms with Crippen LogP contribution in [0.5, 0.6) is 0 Å². The number of carbonyl (C=O) groups excluding carboxylic acids is 1. The first-order chi connectivity index (χ1) is 14.5. The Morgan fingerprint density at radius 1 is 1.17 bits per heavy atom. The monoisotopic (exact) mass is 429 g/mol. The second kappa shape index (κ2) is 10.7. The number of ether oxygens (including phenoxy) is 1. The number of rotatable bonds is 8. The van der Waals surface area contributed by atoms with Crippen molar-refractivity contribution in [1.29, 1.82) is 0 Å². The third-order valence-corrected chi connectivity index (χ3v) is 6.42. The van der Waals surface area contributed by atoms with Crippen molar-refractivity contribution in [3.8, 4) is 0 Å². The van der Waals surface area contributed by atoms with E-state index in [1.165, 1.54) is 35.5 Å². The quantitative estimate of drug-likeness (QED) is 0.474. The fourth-order valence-corrected chi connectivity index (χ4v) is 4.29. The summed E-state index contributed by atoms with van der Waals surface area (Å²) in [4.78, 5) is 14.0. The van der Waals surface area contributed by atoms with Crippen molar-refractivity contribution in [1.82, 2.24) is 4.31 Å². The van der Waals surface area contributed by atoms with Crippen LogP contribution >= 0.6 is 0 Å². The van der Waals surface area contributed by atoms with E-state index in [0.29, 0.717) is 18.5 Å². The molecular formula is C23H29N2O4S-. The molecular weight excluding hydrogens is 400 g/mol. The lowest BCUT2D eigenvalue weighted by Gasteiger charge is -2.34. The second-order valence-corrected chi connectivity index (χ2v) is 8.77. The SMILES string of the molecule is COC(=O)c1ccc(CN(CCc2ccccc2N2CCC(C)CC2)S(=O)[O-])cc1. The normalized spacial score (nSPS) is 15.9. The van der Waals surface area contributed by atoms with E-state index >= 15 is 0 Å². The minimum absolute atomic E-state index is 0.265. The molecule has 1 unspecified atom stereocenters. The maximum Gasteiger partial charge on any atom is 0.337 e. The minimum Gasteiger partial charge on any atom is -0.760 e. The Balaban J connectivity index is 1.65. The number of nitrogens with zero attached hydrogens (tertiary/aromatic N) is 2. The van der Waals surface area contributed by atoms with E-state index in [2.05, 4.69) is 24.0 Å². The van der Waals surface area contributed by atoms with Gasteiger partial charge in [-0.1, -0.05) is 37.3 Å². The predicted octanol–water partition coefficient (Wildman–Crippen LogP) is 3.55. The Kier molecular flexibility index (Phi) is 8.01. The van der Waals surface area contributed by atoms with Crippen molar-refractivity contribution in [3.05, 3.63) is 65.2 Å². The third kappa shape index (κ3) is 5.90. The lowest BCUT2D eigenvalue weighted by Crippen LogP contribution is -2.34. The summed E-state index contributed by atoms with van der Waals surface area (Å²) < 4.78 is 29.7. The van der Waals surface area contributed by atoms with Gasteiger partial charge < -0.3 is 14.2 Å². The molecule has 0 spiro atoms. The number of benzene rings is 2. The van der Waals surface area contributed by atoms with Gasteiger partial charge in [-0.2, -0.15) is 0 Å². The standard InChI is InChI=1S/C23H30N2O4S/c1-18-11-14-24(15-12-18)22-6-4-3-5-20(22)13-16-25(30(27)28)17-19-7-9-21(10-8-19)23(26)29-2/h3-10,18H,11-17H2,1-2H3,(H,27,28)/p-1. The maximum absolute atomic E-state index is 11.8. The Morgan fingerprint density at radius 3 is 2.47 bits per heavy atom. The fraction of sp³-hybridized carbons (Fsp3) is 0.435. The van der Waals surface area contributed by atoms with Gasteiger partial charge in [-0.05, 0) is 54.5 Å². The van der Waals surface area contributed by atoms with Crippen LogP contribution in [0.2, 0.25) is 0 Å². The number of hydrogen-bond acceptors (Lipinski definition) is 5. The summed E-state index contributed by atoms with van der Waals surface area (Å²) in [5.74, 6) is 0.354. The maximum atomic E-state index is 11.8. The average molecular weight is 430 g/mol. The number of para-hydroxylation sites is 1. The summed E-state index contributed by atoms with van der Waals surface area (Å²) in [6.07, 6.45) is 3.02. The number of anilines is 1. The van der Waals surface area contributed by atoms with Gasteiger partial charge in [-0.15, -0.1) is 0 Å². The van der Waals surface area contributed by atoms with Gasteiger partial charge in [-0.25, -0.2) is 9.10 Å². The van der Waals surface area contributed by atoms with E-state index in [1.807, 2.05) is 12.1 Å². The highest BCUT2D eigenvalue weighted by Crippen LogP contribution is 2.27. The molecule has 0 amide bonds. The Labute approximate surface area is 181 Å². The highest BCUT2D eigenvalue weighted by atomic mass is 32.2. The molecule has 0 aromatic heterocycles. The first-order valence-electron chi connectivity index (χ1n) is 10.3. The molecule has 1 fully saturated rings. The molecule has 7 heteroatoms. The summed E-state index contributed by atoms with van der Waals surface area (Å²) in [7, 11) is 1.33. The van der Waals surface area contributed by atoms with Gasteiger partial charge in [0.15, 0.2) is 0 Å². The molecule has 30 heavy (non-hydrogen) atoms. The molecule has 0 saturated carbocycles. The molecule has 6 nitrogen and oxygen atoms in total. The van der Waals surface area contributed by atoms with Crippen LogP contribution in [0.15, 0.2) is 48.5 Å². The molecule has 3 rings (SSSR count). The van der Waals surface area contributed by atoms with E-state index in [0.717, 1.165) is 24.6 Å². The molecule has 162 valence electrons.